The topological polar surface area (TPSA) is 55.2 Å². The Balaban J connectivity index is 2.43. The van der Waals surface area contributed by atoms with Gasteiger partial charge in [-0.25, -0.2) is 0 Å². The SMILES string of the molecule is CCCCCCNCc1cccc([N+](=O)[O-])c1F. The second-order valence-electron chi connectivity index (χ2n) is 4.24. The number of nitrogens with one attached hydrogen (secondary N) is 1. The van der Waals surface area contributed by atoms with Gasteiger partial charge in [-0.15, -0.1) is 0 Å². The standard InChI is InChI=1S/C13H19FN2O2/c1-2-3-4-5-9-15-10-11-7-6-8-12(13(11)14)16(17)18/h6-8,15H,2-5,9-10H2,1H3. The zero-order valence-corrected chi connectivity index (χ0v) is 10.6. The van der Waals surface area contributed by atoms with E-state index in [-0.39, 0.29) is 0 Å². The van der Waals surface area contributed by atoms with Gasteiger partial charge in [-0.3, -0.25) is 10.1 Å². The van der Waals surface area contributed by atoms with Gasteiger partial charge in [-0.2, -0.15) is 4.39 Å². The minimum atomic E-state index is -0.733. The predicted octanol–water partition coefficient (Wildman–Crippen LogP) is 3.40. The van der Waals surface area contributed by atoms with Crippen LogP contribution in [0.3, 0.4) is 0 Å². The predicted molar refractivity (Wildman–Crippen MR) is 68.9 cm³/mol. The van der Waals surface area contributed by atoms with Crippen LogP contribution in [0.15, 0.2) is 18.2 Å². The lowest BCUT2D eigenvalue weighted by Crippen LogP contribution is -2.16. The summed E-state index contributed by atoms with van der Waals surface area (Å²) in [6.07, 6.45) is 4.58. The molecule has 0 saturated carbocycles. The summed E-state index contributed by atoms with van der Waals surface area (Å²) >= 11 is 0. The van der Waals surface area contributed by atoms with E-state index in [0.717, 1.165) is 19.4 Å². The summed E-state index contributed by atoms with van der Waals surface area (Å²) in [5.41, 5.74) is -0.111. The lowest BCUT2D eigenvalue weighted by atomic mass is 10.1. The molecule has 0 aromatic heterocycles. The van der Waals surface area contributed by atoms with E-state index in [2.05, 4.69) is 12.2 Å². The van der Waals surface area contributed by atoms with E-state index in [1.54, 1.807) is 6.07 Å². The van der Waals surface area contributed by atoms with E-state index in [9.17, 15) is 14.5 Å². The molecule has 5 heteroatoms. The molecule has 1 aromatic carbocycles. The quantitative estimate of drug-likeness (QED) is 0.439. The Bertz CT molecular complexity index is 397. The van der Waals surface area contributed by atoms with E-state index >= 15 is 0 Å². The maximum Gasteiger partial charge on any atom is 0.305 e. The molecule has 0 fully saturated rings. The summed E-state index contributed by atoms with van der Waals surface area (Å²) in [6.45, 7) is 3.29. The number of halogens is 1. The maximum atomic E-state index is 13.7. The fraction of sp³-hybridized carbons (Fsp3) is 0.538. The summed E-state index contributed by atoms with van der Waals surface area (Å²) < 4.78 is 13.7. The van der Waals surface area contributed by atoms with Gasteiger partial charge in [-0.1, -0.05) is 38.3 Å². The number of unbranched alkanes of at least 4 members (excludes halogenated alkanes) is 3. The first-order chi connectivity index (χ1) is 8.66. The smallest absolute Gasteiger partial charge is 0.305 e. The van der Waals surface area contributed by atoms with Crippen molar-refractivity contribution in [3.8, 4) is 0 Å². The highest BCUT2D eigenvalue weighted by Crippen LogP contribution is 2.19. The summed E-state index contributed by atoms with van der Waals surface area (Å²) in [4.78, 5) is 9.87. The molecule has 0 aliphatic carbocycles. The van der Waals surface area contributed by atoms with Crippen molar-refractivity contribution in [1.29, 1.82) is 0 Å². The third-order valence-electron chi connectivity index (χ3n) is 2.78. The molecule has 1 N–H and O–H groups in total. The van der Waals surface area contributed by atoms with E-state index in [1.807, 2.05) is 0 Å². The van der Waals surface area contributed by atoms with Gasteiger partial charge in [0.25, 0.3) is 0 Å². The second kappa shape index (κ2) is 7.76. The Labute approximate surface area is 106 Å². The van der Waals surface area contributed by atoms with Gasteiger partial charge in [-0.05, 0) is 13.0 Å². The first-order valence-corrected chi connectivity index (χ1v) is 6.29. The van der Waals surface area contributed by atoms with Crippen molar-refractivity contribution in [3.63, 3.8) is 0 Å². The van der Waals surface area contributed by atoms with E-state index in [0.29, 0.717) is 12.1 Å². The van der Waals surface area contributed by atoms with Crippen LogP contribution < -0.4 is 5.32 Å². The average molecular weight is 254 g/mol. The van der Waals surface area contributed by atoms with Gasteiger partial charge in [0.2, 0.25) is 5.82 Å². The van der Waals surface area contributed by atoms with Crippen LogP contribution in [0.2, 0.25) is 0 Å². The van der Waals surface area contributed by atoms with Crippen molar-refractivity contribution in [1.82, 2.24) is 5.32 Å². The van der Waals surface area contributed by atoms with Crippen molar-refractivity contribution in [3.05, 3.63) is 39.7 Å². The summed E-state index contributed by atoms with van der Waals surface area (Å²) in [5.74, 6) is -0.733. The van der Waals surface area contributed by atoms with Gasteiger partial charge >= 0.3 is 5.69 Å². The number of nitro benzene ring substituents is 1. The molecule has 0 aliphatic heterocycles. The van der Waals surface area contributed by atoms with Gasteiger partial charge in [0, 0.05) is 18.2 Å². The molecular formula is C13H19FN2O2. The van der Waals surface area contributed by atoms with Crippen LogP contribution >= 0.6 is 0 Å². The molecule has 4 nitrogen and oxygen atoms in total. The Kier molecular flexibility index (Phi) is 6.28. The molecule has 0 aliphatic rings. The molecule has 0 radical (unpaired) electrons. The van der Waals surface area contributed by atoms with Gasteiger partial charge in [0.15, 0.2) is 0 Å². The Morgan fingerprint density at radius 3 is 2.78 bits per heavy atom. The molecule has 100 valence electrons. The average Bonchev–Trinajstić information content (AvgIpc) is 2.35. The molecule has 1 aromatic rings. The number of hydrogen-bond acceptors (Lipinski definition) is 3. The van der Waals surface area contributed by atoms with Crippen molar-refractivity contribution in [2.75, 3.05) is 6.54 Å². The molecule has 0 unspecified atom stereocenters. The number of hydrogen-bond donors (Lipinski definition) is 1. The summed E-state index contributed by atoms with van der Waals surface area (Å²) in [7, 11) is 0. The van der Waals surface area contributed by atoms with Crippen LogP contribution in [0, 0.1) is 15.9 Å². The van der Waals surface area contributed by atoms with Crippen molar-refractivity contribution < 1.29 is 9.31 Å². The van der Waals surface area contributed by atoms with E-state index < -0.39 is 16.4 Å². The first kappa shape index (κ1) is 14.6. The Morgan fingerprint density at radius 2 is 2.11 bits per heavy atom. The van der Waals surface area contributed by atoms with Crippen LogP contribution in [-0.4, -0.2) is 11.5 Å². The molecule has 0 saturated heterocycles. The number of benzene rings is 1. The first-order valence-electron chi connectivity index (χ1n) is 6.29. The van der Waals surface area contributed by atoms with Gasteiger partial charge < -0.3 is 5.32 Å². The third-order valence-corrected chi connectivity index (χ3v) is 2.78. The molecule has 0 atom stereocenters. The lowest BCUT2D eigenvalue weighted by molar-refractivity contribution is -0.387. The molecule has 0 bridgehead atoms. The van der Waals surface area contributed by atoms with Crippen LogP contribution in [0.4, 0.5) is 10.1 Å². The fourth-order valence-electron chi connectivity index (χ4n) is 1.74. The Hall–Kier alpha value is -1.49. The second-order valence-corrected chi connectivity index (χ2v) is 4.24. The van der Waals surface area contributed by atoms with Gasteiger partial charge in [0.1, 0.15) is 0 Å². The van der Waals surface area contributed by atoms with Crippen LogP contribution in [0.1, 0.15) is 38.2 Å². The minimum Gasteiger partial charge on any atom is -0.313 e. The number of nitro groups is 1. The van der Waals surface area contributed by atoms with E-state index in [1.165, 1.54) is 25.0 Å². The highest BCUT2D eigenvalue weighted by molar-refractivity contribution is 5.36. The highest BCUT2D eigenvalue weighted by atomic mass is 19.1. The zero-order valence-electron chi connectivity index (χ0n) is 10.6. The molecule has 0 amide bonds. The summed E-state index contributed by atoms with van der Waals surface area (Å²) in [5, 5.41) is 13.7. The Morgan fingerprint density at radius 1 is 1.33 bits per heavy atom. The highest BCUT2D eigenvalue weighted by Gasteiger charge is 2.16. The maximum absolute atomic E-state index is 13.7. The minimum absolute atomic E-state index is 0.333. The fourth-order valence-corrected chi connectivity index (χ4v) is 1.74. The van der Waals surface area contributed by atoms with Crippen LogP contribution in [0.5, 0.6) is 0 Å². The van der Waals surface area contributed by atoms with Crippen LogP contribution in [0.25, 0.3) is 0 Å². The summed E-state index contributed by atoms with van der Waals surface area (Å²) in [6, 6.07) is 4.26. The lowest BCUT2D eigenvalue weighted by Gasteiger charge is -2.06. The van der Waals surface area contributed by atoms with E-state index in [4.69, 9.17) is 0 Å². The number of nitrogens with zero attached hydrogens (tertiary/aromatic N) is 1. The molecule has 0 spiro atoms. The monoisotopic (exact) mass is 254 g/mol. The largest absolute Gasteiger partial charge is 0.313 e. The molecular weight excluding hydrogens is 235 g/mol. The third kappa shape index (κ3) is 4.41. The molecule has 0 heterocycles. The normalized spacial score (nSPS) is 10.6. The van der Waals surface area contributed by atoms with Crippen molar-refractivity contribution >= 4 is 5.69 Å². The zero-order chi connectivity index (χ0) is 13.4. The molecule has 1 rings (SSSR count). The van der Waals surface area contributed by atoms with Crippen molar-refractivity contribution in [2.24, 2.45) is 0 Å². The van der Waals surface area contributed by atoms with Gasteiger partial charge in [0.05, 0.1) is 4.92 Å². The van der Waals surface area contributed by atoms with Crippen molar-refractivity contribution in [2.45, 2.75) is 39.2 Å². The van der Waals surface area contributed by atoms with Crippen LogP contribution in [-0.2, 0) is 6.54 Å². The number of rotatable bonds is 8. The molecule has 18 heavy (non-hydrogen) atoms.